The second-order valence-electron chi connectivity index (χ2n) is 7.68. The molecule has 0 N–H and O–H groups in total. The lowest BCUT2D eigenvalue weighted by atomic mass is 9.99. The van der Waals surface area contributed by atoms with Gasteiger partial charge in [0.2, 0.25) is 5.91 Å². The van der Waals surface area contributed by atoms with E-state index in [2.05, 4.69) is 53.1 Å². The van der Waals surface area contributed by atoms with Crippen molar-refractivity contribution >= 4 is 11.6 Å². The van der Waals surface area contributed by atoms with Gasteiger partial charge in [-0.05, 0) is 36.6 Å². The molecule has 1 amide bonds. The SMILES string of the molecule is COc1cccc(N2CCN([C@@H](C)C(=O)N3CCc4ccccc4C3)CC2)c1. The summed E-state index contributed by atoms with van der Waals surface area (Å²) in [6.45, 7) is 7.27. The number of nitrogens with zero attached hydrogens (tertiary/aromatic N) is 3. The van der Waals surface area contributed by atoms with Gasteiger partial charge >= 0.3 is 0 Å². The Labute approximate surface area is 167 Å². The van der Waals surface area contributed by atoms with Crippen LogP contribution in [0.5, 0.6) is 5.75 Å². The summed E-state index contributed by atoms with van der Waals surface area (Å²) in [5, 5.41) is 0. The molecule has 2 aromatic carbocycles. The molecular weight excluding hydrogens is 350 g/mol. The second-order valence-corrected chi connectivity index (χ2v) is 7.68. The van der Waals surface area contributed by atoms with Crippen molar-refractivity contribution in [1.82, 2.24) is 9.80 Å². The molecule has 2 heterocycles. The number of hydrogen-bond donors (Lipinski definition) is 0. The van der Waals surface area contributed by atoms with E-state index in [0.29, 0.717) is 0 Å². The van der Waals surface area contributed by atoms with E-state index >= 15 is 0 Å². The Morgan fingerprint density at radius 3 is 2.46 bits per heavy atom. The fraction of sp³-hybridized carbons (Fsp3) is 0.435. The molecule has 5 nitrogen and oxygen atoms in total. The van der Waals surface area contributed by atoms with Gasteiger partial charge in [-0.25, -0.2) is 0 Å². The molecule has 0 aliphatic carbocycles. The van der Waals surface area contributed by atoms with Gasteiger partial charge < -0.3 is 14.5 Å². The third-order valence-corrected chi connectivity index (χ3v) is 6.08. The van der Waals surface area contributed by atoms with E-state index in [1.807, 2.05) is 17.0 Å². The number of rotatable bonds is 4. The fourth-order valence-electron chi connectivity index (χ4n) is 4.28. The van der Waals surface area contributed by atoms with E-state index < -0.39 is 0 Å². The highest BCUT2D eigenvalue weighted by Crippen LogP contribution is 2.24. The highest BCUT2D eigenvalue weighted by atomic mass is 16.5. The first-order valence-corrected chi connectivity index (χ1v) is 10.1. The first-order chi connectivity index (χ1) is 13.7. The van der Waals surface area contributed by atoms with Crippen LogP contribution < -0.4 is 9.64 Å². The van der Waals surface area contributed by atoms with E-state index in [-0.39, 0.29) is 11.9 Å². The molecule has 0 saturated carbocycles. The van der Waals surface area contributed by atoms with Crippen molar-refractivity contribution in [2.45, 2.75) is 25.9 Å². The summed E-state index contributed by atoms with van der Waals surface area (Å²) < 4.78 is 5.34. The number of carbonyl (C=O) groups excluding carboxylic acids is 1. The molecule has 1 fully saturated rings. The number of methoxy groups -OCH3 is 1. The Morgan fingerprint density at radius 1 is 0.964 bits per heavy atom. The normalized spacial score (nSPS) is 18.5. The van der Waals surface area contributed by atoms with E-state index in [9.17, 15) is 4.79 Å². The second kappa shape index (κ2) is 8.23. The standard InChI is InChI=1S/C23H29N3O2/c1-18(23(27)26-11-10-19-6-3-4-7-20(19)17-26)24-12-14-25(15-13-24)21-8-5-9-22(16-21)28-2/h3-9,16,18H,10-15,17H2,1-2H3/t18-/m0/s1. The van der Waals surface area contributed by atoms with Gasteiger partial charge in [-0.15, -0.1) is 0 Å². The summed E-state index contributed by atoms with van der Waals surface area (Å²) in [5.41, 5.74) is 3.86. The van der Waals surface area contributed by atoms with Crippen molar-refractivity contribution in [3.63, 3.8) is 0 Å². The first-order valence-electron chi connectivity index (χ1n) is 10.1. The zero-order chi connectivity index (χ0) is 19.5. The lowest BCUT2D eigenvalue weighted by Crippen LogP contribution is -2.55. The van der Waals surface area contributed by atoms with Crippen LogP contribution in [-0.4, -0.2) is 61.6 Å². The fourth-order valence-corrected chi connectivity index (χ4v) is 4.28. The molecule has 28 heavy (non-hydrogen) atoms. The molecule has 5 heteroatoms. The van der Waals surface area contributed by atoms with Crippen LogP contribution in [0.15, 0.2) is 48.5 Å². The van der Waals surface area contributed by atoms with Crippen molar-refractivity contribution in [3.05, 3.63) is 59.7 Å². The van der Waals surface area contributed by atoms with Gasteiger partial charge in [0.1, 0.15) is 5.75 Å². The first kappa shape index (κ1) is 18.8. The van der Waals surface area contributed by atoms with Crippen molar-refractivity contribution in [1.29, 1.82) is 0 Å². The van der Waals surface area contributed by atoms with Gasteiger partial charge in [0.05, 0.1) is 13.2 Å². The van der Waals surface area contributed by atoms with E-state index in [1.54, 1.807) is 7.11 Å². The summed E-state index contributed by atoms with van der Waals surface area (Å²) >= 11 is 0. The van der Waals surface area contributed by atoms with Crippen LogP contribution in [0, 0.1) is 0 Å². The van der Waals surface area contributed by atoms with Gasteiger partial charge in [-0.1, -0.05) is 30.3 Å². The lowest BCUT2D eigenvalue weighted by Gasteiger charge is -2.40. The zero-order valence-electron chi connectivity index (χ0n) is 16.8. The maximum absolute atomic E-state index is 13.1. The zero-order valence-corrected chi connectivity index (χ0v) is 16.8. The van der Waals surface area contributed by atoms with Gasteiger partial charge in [-0.3, -0.25) is 9.69 Å². The van der Waals surface area contributed by atoms with Crippen molar-refractivity contribution < 1.29 is 9.53 Å². The van der Waals surface area contributed by atoms with Crippen LogP contribution in [-0.2, 0) is 17.8 Å². The Bertz CT molecular complexity index is 830. The summed E-state index contributed by atoms with van der Waals surface area (Å²) in [6, 6.07) is 16.6. The van der Waals surface area contributed by atoms with Crippen molar-refractivity contribution in [2.24, 2.45) is 0 Å². The molecule has 0 unspecified atom stereocenters. The predicted molar refractivity (Wildman–Crippen MR) is 112 cm³/mol. The minimum atomic E-state index is -0.0716. The molecule has 2 aliphatic rings. The summed E-state index contributed by atoms with van der Waals surface area (Å²) in [4.78, 5) is 19.8. The molecule has 0 aromatic heterocycles. The highest BCUT2D eigenvalue weighted by Gasteiger charge is 2.30. The molecule has 1 saturated heterocycles. The van der Waals surface area contributed by atoms with Crippen molar-refractivity contribution in [3.8, 4) is 5.75 Å². The van der Waals surface area contributed by atoms with Gasteiger partial charge in [0.25, 0.3) is 0 Å². The average Bonchev–Trinajstić information content (AvgIpc) is 2.78. The van der Waals surface area contributed by atoms with Gasteiger partial charge in [0, 0.05) is 51.0 Å². The quantitative estimate of drug-likeness (QED) is 0.819. The highest BCUT2D eigenvalue weighted by molar-refractivity contribution is 5.81. The Kier molecular flexibility index (Phi) is 5.53. The van der Waals surface area contributed by atoms with Crippen LogP contribution in [0.3, 0.4) is 0 Å². The minimum absolute atomic E-state index is 0.0716. The monoisotopic (exact) mass is 379 g/mol. The van der Waals surface area contributed by atoms with Crippen LogP contribution in [0.1, 0.15) is 18.1 Å². The third-order valence-electron chi connectivity index (χ3n) is 6.08. The Balaban J connectivity index is 1.35. The maximum atomic E-state index is 13.1. The Hall–Kier alpha value is -2.53. The summed E-state index contributed by atoms with van der Waals surface area (Å²) in [6.07, 6.45) is 0.957. The summed E-state index contributed by atoms with van der Waals surface area (Å²) in [7, 11) is 1.70. The Morgan fingerprint density at radius 2 is 1.71 bits per heavy atom. The largest absolute Gasteiger partial charge is 0.497 e. The third kappa shape index (κ3) is 3.85. The molecule has 1 atom stereocenters. The summed E-state index contributed by atoms with van der Waals surface area (Å²) in [5.74, 6) is 1.14. The van der Waals surface area contributed by atoms with Crippen molar-refractivity contribution in [2.75, 3.05) is 44.7 Å². The molecule has 0 bridgehead atoms. The smallest absolute Gasteiger partial charge is 0.239 e. The van der Waals surface area contributed by atoms with Crippen LogP contribution in [0.25, 0.3) is 0 Å². The number of anilines is 1. The van der Waals surface area contributed by atoms with E-state index in [4.69, 9.17) is 4.74 Å². The molecule has 4 rings (SSSR count). The number of fused-ring (bicyclic) bond motifs is 1. The number of benzene rings is 2. The van der Waals surface area contributed by atoms with Gasteiger partial charge in [0.15, 0.2) is 0 Å². The van der Waals surface area contributed by atoms with Crippen LogP contribution in [0.4, 0.5) is 5.69 Å². The minimum Gasteiger partial charge on any atom is -0.497 e. The number of amides is 1. The number of hydrogen-bond acceptors (Lipinski definition) is 4. The lowest BCUT2D eigenvalue weighted by molar-refractivity contribution is -0.137. The average molecular weight is 380 g/mol. The molecule has 0 radical (unpaired) electrons. The predicted octanol–water partition coefficient (Wildman–Crippen LogP) is 2.79. The van der Waals surface area contributed by atoms with E-state index in [0.717, 1.165) is 51.4 Å². The molecular formula is C23H29N3O2. The molecule has 148 valence electrons. The van der Waals surface area contributed by atoms with Crippen LogP contribution in [0.2, 0.25) is 0 Å². The molecule has 0 spiro atoms. The number of piperazine rings is 1. The van der Waals surface area contributed by atoms with Crippen LogP contribution >= 0.6 is 0 Å². The number of carbonyl (C=O) groups is 1. The maximum Gasteiger partial charge on any atom is 0.239 e. The molecule has 2 aliphatic heterocycles. The molecule has 2 aromatic rings. The van der Waals surface area contributed by atoms with Gasteiger partial charge in [-0.2, -0.15) is 0 Å². The topological polar surface area (TPSA) is 36.0 Å². The number of ether oxygens (including phenoxy) is 1. The van der Waals surface area contributed by atoms with E-state index in [1.165, 1.54) is 16.8 Å².